The Morgan fingerprint density at radius 1 is 1.19 bits per heavy atom. The van der Waals surface area contributed by atoms with Crippen molar-refractivity contribution in [3.05, 3.63) is 64.4 Å². The minimum Gasteiger partial charge on any atom is -0.497 e. The molecule has 1 unspecified atom stereocenters. The number of hydrogen-bond acceptors (Lipinski definition) is 3. The molecule has 1 atom stereocenters. The summed E-state index contributed by atoms with van der Waals surface area (Å²) >= 11 is 1.74. The van der Waals surface area contributed by atoms with E-state index in [1.54, 1.807) is 18.4 Å². The van der Waals surface area contributed by atoms with E-state index in [-0.39, 0.29) is 0 Å². The van der Waals surface area contributed by atoms with Crippen LogP contribution in [0.4, 0.5) is 0 Å². The highest BCUT2D eigenvalue weighted by atomic mass is 32.1. The zero-order chi connectivity index (χ0) is 14.7. The van der Waals surface area contributed by atoms with Gasteiger partial charge in [-0.1, -0.05) is 24.3 Å². The molecule has 21 heavy (non-hydrogen) atoms. The van der Waals surface area contributed by atoms with E-state index in [2.05, 4.69) is 52.5 Å². The Morgan fingerprint density at radius 2 is 2.10 bits per heavy atom. The molecule has 0 spiro atoms. The zero-order valence-corrected chi connectivity index (χ0v) is 13.1. The molecular formula is C18H19NOS. The lowest BCUT2D eigenvalue weighted by atomic mass is 9.96. The van der Waals surface area contributed by atoms with Crippen LogP contribution in [0.25, 0.3) is 10.8 Å². The molecule has 1 aromatic heterocycles. The van der Waals surface area contributed by atoms with Gasteiger partial charge >= 0.3 is 0 Å². The molecule has 0 fully saturated rings. The van der Waals surface area contributed by atoms with Crippen molar-refractivity contribution in [1.82, 2.24) is 5.32 Å². The van der Waals surface area contributed by atoms with Crippen LogP contribution in [-0.4, -0.2) is 14.2 Å². The molecule has 0 saturated carbocycles. The Hall–Kier alpha value is -1.84. The van der Waals surface area contributed by atoms with Crippen LogP contribution in [0.3, 0.4) is 0 Å². The maximum absolute atomic E-state index is 5.37. The molecule has 0 radical (unpaired) electrons. The number of nitrogens with one attached hydrogen (secondary N) is 1. The fraction of sp³-hybridized carbons (Fsp3) is 0.222. The summed E-state index contributed by atoms with van der Waals surface area (Å²) in [5.74, 6) is 0.909. The third-order valence-electron chi connectivity index (χ3n) is 3.90. The van der Waals surface area contributed by atoms with Gasteiger partial charge in [0.1, 0.15) is 5.75 Å². The lowest BCUT2D eigenvalue weighted by Crippen LogP contribution is -2.18. The average molecular weight is 297 g/mol. The molecule has 3 rings (SSSR count). The summed E-state index contributed by atoms with van der Waals surface area (Å²) < 4.78 is 5.37. The van der Waals surface area contributed by atoms with Gasteiger partial charge in [0.05, 0.1) is 7.11 Å². The second-order valence-electron chi connectivity index (χ2n) is 5.11. The molecule has 1 N–H and O–H groups in total. The van der Waals surface area contributed by atoms with Gasteiger partial charge in [-0.25, -0.2) is 0 Å². The molecule has 2 nitrogen and oxygen atoms in total. The maximum Gasteiger partial charge on any atom is 0.119 e. The Bertz CT molecular complexity index is 721. The van der Waals surface area contributed by atoms with Gasteiger partial charge in [-0.15, -0.1) is 0 Å². The summed E-state index contributed by atoms with van der Waals surface area (Å²) in [5, 5.41) is 10.3. The Balaban J connectivity index is 1.99. The molecular weight excluding hydrogens is 278 g/mol. The Morgan fingerprint density at radius 3 is 2.81 bits per heavy atom. The number of methoxy groups -OCH3 is 1. The number of rotatable bonds is 5. The summed E-state index contributed by atoms with van der Waals surface area (Å²) in [5.41, 5.74) is 2.69. The third kappa shape index (κ3) is 2.94. The molecule has 0 aliphatic rings. The van der Waals surface area contributed by atoms with E-state index in [1.807, 2.05) is 13.1 Å². The molecule has 108 valence electrons. The van der Waals surface area contributed by atoms with Crippen molar-refractivity contribution < 1.29 is 4.74 Å². The normalized spacial score (nSPS) is 12.5. The largest absolute Gasteiger partial charge is 0.497 e. The molecule has 1 heterocycles. The standard InChI is InChI=1S/C18H19NOS/c1-19-18(15-8-9-21-12-15)10-14-5-3-4-13-6-7-16(20-2)11-17(13)14/h3-9,11-12,18-19H,10H2,1-2H3. The van der Waals surface area contributed by atoms with Gasteiger partial charge in [0.15, 0.2) is 0 Å². The predicted molar refractivity (Wildman–Crippen MR) is 90.3 cm³/mol. The van der Waals surface area contributed by atoms with Gasteiger partial charge in [-0.2, -0.15) is 11.3 Å². The van der Waals surface area contributed by atoms with E-state index >= 15 is 0 Å². The fourth-order valence-electron chi connectivity index (χ4n) is 2.70. The van der Waals surface area contributed by atoms with Crippen molar-refractivity contribution in [2.45, 2.75) is 12.5 Å². The summed E-state index contributed by atoms with van der Waals surface area (Å²) in [6, 6.07) is 15.3. The summed E-state index contributed by atoms with van der Waals surface area (Å²) in [6.45, 7) is 0. The first-order valence-corrected chi connectivity index (χ1v) is 8.01. The maximum atomic E-state index is 5.37. The van der Waals surface area contributed by atoms with Gasteiger partial charge < -0.3 is 10.1 Å². The number of benzene rings is 2. The second kappa shape index (κ2) is 6.29. The van der Waals surface area contributed by atoms with Crippen molar-refractivity contribution >= 4 is 22.1 Å². The van der Waals surface area contributed by atoms with Crippen LogP contribution in [0.2, 0.25) is 0 Å². The zero-order valence-electron chi connectivity index (χ0n) is 12.3. The monoisotopic (exact) mass is 297 g/mol. The van der Waals surface area contributed by atoms with Gasteiger partial charge in [0, 0.05) is 6.04 Å². The number of likely N-dealkylation sites (N-methyl/N-ethyl adjacent to an activating group) is 1. The van der Waals surface area contributed by atoms with E-state index in [9.17, 15) is 0 Å². The summed E-state index contributed by atoms with van der Waals surface area (Å²) in [7, 11) is 3.74. The summed E-state index contributed by atoms with van der Waals surface area (Å²) in [6.07, 6.45) is 0.970. The van der Waals surface area contributed by atoms with Crippen molar-refractivity contribution in [2.75, 3.05) is 14.2 Å². The highest BCUT2D eigenvalue weighted by Crippen LogP contribution is 2.28. The molecule has 0 amide bonds. The minimum atomic E-state index is 0.341. The van der Waals surface area contributed by atoms with E-state index in [0.717, 1.165) is 12.2 Å². The highest BCUT2D eigenvalue weighted by Gasteiger charge is 2.12. The van der Waals surface area contributed by atoms with Crippen LogP contribution in [0.15, 0.2) is 53.2 Å². The van der Waals surface area contributed by atoms with Crippen molar-refractivity contribution in [3.63, 3.8) is 0 Å². The van der Waals surface area contributed by atoms with Crippen LogP contribution in [0.1, 0.15) is 17.2 Å². The van der Waals surface area contributed by atoms with Crippen LogP contribution in [0.5, 0.6) is 5.75 Å². The first-order chi connectivity index (χ1) is 10.3. The number of hydrogen-bond donors (Lipinski definition) is 1. The molecule has 3 heteroatoms. The molecule has 0 aliphatic heterocycles. The van der Waals surface area contributed by atoms with Crippen LogP contribution in [-0.2, 0) is 6.42 Å². The van der Waals surface area contributed by atoms with E-state index in [4.69, 9.17) is 4.74 Å². The fourth-order valence-corrected chi connectivity index (χ4v) is 3.42. The highest BCUT2D eigenvalue weighted by molar-refractivity contribution is 7.07. The van der Waals surface area contributed by atoms with E-state index in [0.29, 0.717) is 6.04 Å². The Kier molecular flexibility index (Phi) is 4.23. The molecule has 0 bridgehead atoms. The van der Waals surface area contributed by atoms with Crippen LogP contribution >= 0.6 is 11.3 Å². The first-order valence-electron chi connectivity index (χ1n) is 7.07. The van der Waals surface area contributed by atoms with Gasteiger partial charge in [0.2, 0.25) is 0 Å². The quantitative estimate of drug-likeness (QED) is 0.753. The first kappa shape index (κ1) is 14.1. The predicted octanol–water partition coefficient (Wildman–Crippen LogP) is 4.41. The lowest BCUT2D eigenvalue weighted by molar-refractivity contribution is 0.415. The lowest BCUT2D eigenvalue weighted by Gasteiger charge is -2.17. The minimum absolute atomic E-state index is 0.341. The van der Waals surface area contributed by atoms with Gasteiger partial charge in [0.25, 0.3) is 0 Å². The van der Waals surface area contributed by atoms with Crippen LogP contribution < -0.4 is 10.1 Å². The molecule has 0 saturated heterocycles. The number of ether oxygens (including phenoxy) is 1. The molecule has 3 aromatic rings. The van der Waals surface area contributed by atoms with Crippen molar-refractivity contribution in [1.29, 1.82) is 0 Å². The van der Waals surface area contributed by atoms with E-state index < -0.39 is 0 Å². The van der Waals surface area contributed by atoms with Gasteiger partial charge in [-0.3, -0.25) is 0 Å². The smallest absolute Gasteiger partial charge is 0.119 e. The molecule has 2 aromatic carbocycles. The number of thiophene rings is 1. The van der Waals surface area contributed by atoms with E-state index in [1.165, 1.54) is 21.9 Å². The number of fused-ring (bicyclic) bond motifs is 1. The summed E-state index contributed by atoms with van der Waals surface area (Å²) in [4.78, 5) is 0. The molecule has 0 aliphatic carbocycles. The van der Waals surface area contributed by atoms with Crippen molar-refractivity contribution in [2.24, 2.45) is 0 Å². The third-order valence-corrected chi connectivity index (χ3v) is 4.60. The SMILES string of the molecule is CNC(Cc1cccc2ccc(OC)cc12)c1ccsc1. The van der Waals surface area contributed by atoms with Crippen molar-refractivity contribution in [3.8, 4) is 5.75 Å². The van der Waals surface area contributed by atoms with Crippen LogP contribution in [0, 0.1) is 0 Å². The average Bonchev–Trinajstić information content (AvgIpc) is 3.06. The Labute approximate surface area is 129 Å². The van der Waals surface area contributed by atoms with Gasteiger partial charge in [-0.05, 0) is 64.3 Å². The topological polar surface area (TPSA) is 21.3 Å². The second-order valence-corrected chi connectivity index (χ2v) is 5.89.